The summed E-state index contributed by atoms with van der Waals surface area (Å²) in [6, 6.07) is 19.5. The summed E-state index contributed by atoms with van der Waals surface area (Å²) in [6.07, 6.45) is 11.3. The van der Waals surface area contributed by atoms with E-state index in [1.54, 1.807) is 0 Å². The van der Waals surface area contributed by atoms with Gasteiger partial charge in [-0.05, 0) is 56.2 Å². The molecule has 2 heterocycles. The Bertz CT molecular complexity index is 1130. The monoisotopic (exact) mass is 430 g/mol. The molecule has 0 saturated carbocycles. The molecular weight excluding hydrogens is 396 g/mol. The van der Waals surface area contributed by atoms with Crippen molar-refractivity contribution >= 4 is 11.0 Å². The first-order valence-corrected chi connectivity index (χ1v) is 12.1. The van der Waals surface area contributed by atoms with Gasteiger partial charge in [-0.3, -0.25) is 14.0 Å². The predicted octanol–water partition coefficient (Wildman–Crippen LogP) is 4.42. The van der Waals surface area contributed by atoms with Crippen molar-refractivity contribution in [3.63, 3.8) is 0 Å². The summed E-state index contributed by atoms with van der Waals surface area (Å²) in [4.78, 5) is 16.1. The summed E-state index contributed by atoms with van der Waals surface area (Å²) >= 11 is 0. The Morgan fingerprint density at radius 1 is 0.875 bits per heavy atom. The highest BCUT2D eigenvalue weighted by molar-refractivity contribution is 5.76. The van der Waals surface area contributed by atoms with Crippen LogP contribution in [0, 0.1) is 0 Å². The minimum atomic E-state index is 0.0894. The van der Waals surface area contributed by atoms with Crippen molar-refractivity contribution in [3.05, 3.63) is 82.8 Å². The van der Waals surface area contributed by atoms with Gasteiger partial charge in [-0.15, -0.1) is 0 Å². The number of para-hydroxylation sites is 2. The number of fused-ring (bicyclic) bond motifs is 1. The highest BCUT2D eigenvalue weighted by atomic mass is 16.1. The lowest BCUT2D eigenvalue weighted by Crippen LogP contribution is -2.50. The third-order valence-electron chi connectivity index (χ3n) is 7.58. The standard InChI is InChI=1S/C27H34N4O/c28-18-21-30-24-12-6-7-13-25(24)31(26(30)32)23-14-19-29(20-15-23)27(16-8-1-2-9-17-27)22-10-4-3-5-11-22/h1-7,10-13,23H,8-9,14-21,28H2. The van der Waals surface area contributed by atoms with Crippen LogP contribution in [0.4, 0.5) is 0 Å². The Morgan fingerprint density at radius 2 is 1.50 bits per heavy atom. The van der Waals surface area contributed by atoms with Crippen LogP contribution < -0.4 is 11.4 Å². The summed E-state index contributed by atoms with van der Waals surface area (Å²) in [6.45, 7) is 3.07. The zero-order valence-corrected chi connectivity index (χ0v) is 18.8. The summed E-state index contributed by atoms with van der Waals surface area (Å²) in [5.41, 5.74) is 9.48. The molecule has 3 aromatic rings. The Hall–Kier alpha value is -2.63. The summed E-state index contributed by atoms with van der Waals surface area (Å²) in [5, 5.41) is 0. The second-order valence-corrected chi connectivity index (χ2v) is 9.25. The van der Waals surface area contributed by atoms with Crippen LogP contribution in [0.15, 0.2) is 71.5 Å². The van der Waals surface area contributed by atoms with Gasteiger partial charge < -0.3 is 5.73 Å². The van der Waals surface area contributed by atoms with E-state index in [9.17, 15) is 4.79 Å². The third kappa shape index (κ3) is 3.63. The maximum atomic E-state index is 13.3. The molecule has 32 heavy (non-hydrogen) atoms. The molecule has 2 aliphatic rings. The van der Waals surface area contributed by atoms with Gasteiger partial charge in [0.25, 0.3) is 0 Å². The van der Waals surface area contributed by atoms with Crippen molar-refractivity contribution in [2.24, 2.45) is 5.73 Å². The Kier molecular flexibility index (Phi) is 6.03. The minimum absolute atomic E-state index is 0.0894. The molecule has 5 rings (SSSR count). The van der Waals surface area contributed by atoms with E-state index in [2.05, 4.69) is 53.5 Å². The van der Waals surface area contributed by atoms with Crippen LogP contribution in [0.1, 0.15) is 50.1 Å². The molecule has 168 valence electrons. The molecule has 0 spiro atoms. The zero-order valence-electron chi connectivity index (χ0n) is 18.8. The van der Waals surface area contributed by atoms with Crippen molar-refractivity contribution in [2.45, 2.75) is 56.7 Å². The molecule has 1 fully saturated rings. The van der Waals surface area contributed by atoms with Gasteiger partial charge in [0.2, 0.25) is 0 Å². The number of allylic oxidation sites excluding steroid dienone is 2. The van der Waals surface area contributed by atoms with Crippen molar-refractivity contribution in [1.29, 1.82) is 0 Å². The molecule has 2 N–H and O–H groups in total. The van der Waals surface area contributed by atoms with E-state index >= 15 is 0 Å². The second-order valence-electron chi connectivity index (χ2n) is 9.25. The van der Waals surface area contributed by atoms with Crippen LogP contribution in [0.2, 0.25) is 0 Å². The molecular formula is C27H34N4O. The number of rotatable bonds is 5. The average molecular weight is 431 g/mol. The van der Waals surface area contributed by atoms with Crippen LogP contribution in [0.25, 0.3) is 11.0 Å². The summed E-state index contributed by atoms with van der Waals surface area (Å²) in [7, 11) is 0. The van der Waals surface area contributed by atoms with Gasteiger partial charge >= 0.3 is 5.69 Å². The van der Waals surface area contributed by atoms with E-state index in [0.29, 0.717) is 13.1 Å². The number of nitrogens with zero attached hydrogens (tertiary/aromatic N) is 3. The topological polar surface area (TPSA) is 56.2 Å². The van der Waals surface area contributed by atoms with E-state index in [4.69, 9.17) is 5.73 Å². The maximum Gasteiger partial charge on any atom is 0.329 e. The highest BCUT2D eigenvalue weighted by Gasteiger charge is 2.40. The van der Waals surface area contributed by atoms with Gasteiger partial charge in [0.15, 0.2) is 0 Å². The second kappa shape index (κ2) is 9.08. The summed E-state index contributed by atoms with van der Waals surface area (Å²) in [5.74, 6) is 0. The number of hydrogen-bond acceptors (Lipinski definition) is 3. The van der Waals surface area contributed by atoms with Crippen molar-refractivity contribution in [1.82, 2.24) is 14.0 Å². The van der Waals surface area contributed by atoms with E-state index in [0.717, 1.165) is 62.6 Å². The lowest BCUT2D eigenvalue weighted by molar-refractivity contribution is 0.0366. The number of likely N-dealkylation sites (tertiary alicyclic amines) is 1. The van der Waals surface area contributed by atoms with E-state index in [1.807, 2.05) is 27.3 Å². The molecule has 1 aromatic heterocycles. The van der Waals surface area contributed by atoms with Crippen LogP contribution in [0.5, 0.6) is 0 Å². The van der Waals surface area contributed by atoms with Gasteiger partial charge in [-0.1, -0.05) is 54.6 Å². The van der Waals surface area contributed by atoms with Crippen molar-refractivity contribution in [2.75, 3.05) is 19.6 Å². The SMILES string of the molecule is NCCn1c(=O)n(C2CCN(C3(c4ccccc4)CCC=CCC3)CC2)c2ccccc21. The molecule has 1 aliphatic heterocycles. The number of imidazole rings is 1. The first-order chi connectivity index (χ1) is 15.7. The maximum absolute atomic E-state index is 13.3. The zero-order chi connectivity index (χ0) is 22.0. The average Bonchev–Trinajstić information content (AvgIpc) is 2.99. The van der Waals surface area contributed by atoms with E-state index < -0.39 is 0 Å². The minimum Gasteiger partial charge on any atom is -0.329 e. The van der Waals surface area contributed by atoms with Gasteiger partial charge in [-0.25, -0.2) is 4.79 Å². The highest BCUT2D eigenvalue weighted by Crippen LogP contribution is 2.42. The smallest absolute Gasteiger partial charge is 0.329 e. The Morgan fingerprint density at radius 3 is 2.16 bits per heavy atom. The molecule has 0 bridgehead atoms. The number of benzene rings is 2. The van der Waals surface area contributed by atoms with E-state index in [-0.39, 0.29) is 17.3 Å². The third-order valence-corrected chi connectivity index (χ3v) is 7.58. The van der Waals surface area contributed by atoms with Gasteiger partial charge in [0, 0.05) is 37.8 Å². The summed E-state index contributed by atoms with van der Waals surface area (Å²) < 4.78 is 3.90. The molecule has 0 amide bonds. The fraction of sp³-hybridized carbons (Fsp3) is 0.444. The number of hydrogen-bond donors (Lipinski definition) is 1. The predicted molar refractivity (Wildman–Crippen MR) is 131 cm³/mol. The van der Waals surface area contributed by atoms with Crippen molar-refractivity contribution < 1.29 is 0 Å². The number of piperidine rings is 1. The first kappa shape index (κ1) is 21.2. The molecule has 1 saturated heterocycles. The van der Waals surface area contributed by atoms with Gasteiger partial charge in [0.1, 0.15) is 0 Å². The van der Waals surface area contributed by atoms with Gasteiger partial charge in [0.05, 0.1) is 11.0 Å². The molecule has 2 aromatic carbocycles. The lowest BCUT2D eigenvalue weighted by Gasteiger charge is -2.47. The normalized spacial score (nSPS) is 19.9. The molecule has 5 heteroatoms. The fourth-order valence-corrected chi connectivity index (χ4v) is 6.02. The molecule has 0 atom stereocenters. The molecule has 0 unspecified atom stereocenters. The molecule has 1 aliphatic carbocycles. The van der Waals surface area contributed by atoms with Crippen LogP contribution in [-0.4, -0.2) is 33.7 Å². The Labute approximate surface area is 190 Å². The molecule has 5 nitrogen and oxygen atoms in total. The van der Waals surface area contributed by atoms with Crippen LogP contribution >= 0.6 is 0 Å². The Balaban J connectivity index is 1.44. The number of nitrogens with two attached hydrogens (primary N) is 1. The largest absolute Gasteiger partial charge is 0.329 e. The van der Waals surface area contributed by atoms with E-state index in [1.165, 1.54) is 5.56 Å². The lowest BCUT2D eigenvalue weighted by atomic mass is 9.79. The quantitative estimate of drug-likeness (QED) is 0.610. The van der Waals surface area contributed by atoms with Crippen molar-refractivity contribution in [3.8, 4) is 0 Å². The van der Waals surface area contributed by atoms with Gasteiger partial charge in [-0.2, -0.15) is 0 Å². The van der Waals surface area contributed by atoms with Crippen LogP contribution in [-0.2, 0) is 12.1 Å². The fourth-order valence-electron chi connectivity index (χ4n) is 6.02. The number of aromatic nitrogens is 2. The van der Waals surface area contributed by atoms with Crippen LogP contribution in [0.3, 0.4) is 0 Å². The molecule has 0 radical (unpaired) electrons. The first-order valence-electron chi connectivity index (χ1n) is 12.1.